The highest BCUT2D eigenvalue weighted by Gasteiger charge is 2.23. The van der Waals surface area contributed by atoms with Gasteiger partial charge >= 0.3 is 5.97 Å². The number of hydrogen-bond donors (Lipinski definition) is 4. The van der Waals surface area contributed by atoms with Gasteiger partial charge in [-0.2, -0.15) is 4.98 Å². The molecule has 0 saturated carbocycles. The zero-order chi connectivity index (χ0) is 32.3. The smallest absolute Gasteiger partial charge is 0.352 e. The Morgan fingerprint density at radius 1 is 1.09 bits per heavy atom. The topological polar surface area (TPSA) is 188 Å². The minimum atomic E-state index is -3.50. The number of carbonyl (C=O) groups is 2. The van der Waals surface area contributed by atoms with Gasteiger partial charge < -0.3 is 30.2 Å². The third-order valence-corrected chi connectivity index (χ3v) is 6.82. The van der Waals surface area contributed by atoms with Crippen molar-refractivity contribution < 1.29 is 32.6 Å². The number of anilines is 2. The minimum absolute atomic E-state index is 0.121. The molecule has 1 amide bonds. The van der Waals surface area contributed by atoms with Crippen LogP contribution in [0.1, 0.15) is 52.9 Å². The van der Waals surface area contributed by atoms with Gasteiger partial charge in [0.2, 0.25) is 21.9 Å². The first-order valence-electron chi connectivity index (χ1n) is 13.0. The number of nitrogens with zero attached hydrogens (tertiary/aromatic N) is 3. The highest BCUT2D eigenvalue weighted by molar-refractivity contribution is 7.92. The number of para-hydroxylation sites is 1. The Hall–Kier alpha value is -4.85. The van der Waals surface area contributed by atoms with Crippen molar-refractivity contribution >= 4 is 44.4 Å². The van der Waals surface area contributed by atoms with Crippen LogP contribution >= 0.6 is 0 Å². The second-order valence-corrected chi connectivity index (χ2v) is 12.5. The number of fused-ring (bicyclic) bond motifs is 1. The molecule has 0 unspecified atom stereocenters. The van der Waals surface area contributed by atoms with Crippen LogP contribution in [-0.4, -0.2) is 60.3 Å². The number of aromatic carboxylic acids is 1. The van der Waals surface area contributed by atoms with Gasteiger partial charge in [-0.3, -0.25) is 9.52 Å². The molecule has 43 heavy (non-hydrogen) atoms. The summed E-state index contributed by atoms with van der Waals surface area (Å²) in [6, 6.07) is 12.1. The molecule has 0 saturated heterocycles. The number of amides is 1. The van der Waals surface area contributed by atoms with Gasteiger partial charge in [0.05, 0.1) is 30.1 Å². The fourth-order valence-electron chi connectivity index (χ4n) is 4.22. The second kappa shape index (κ2) is 12.6. The van der Waals surface area contributed by atoms with Crippen LogP contribution < -0.4 is 25.2 Å². The fraction of sp³-hybridized carbons (Fsp3) is 0.310. The summed E-state index contributed by atoms with van der Waals surface area (Å²) >= 11 is 0. The molecule has 0 aliphatic heterocycles. The van der Waals surface area contributed by atoms with Crippen molar-refractivity contribution in [2.75, 3.05) is 30.5 Å². The van der Waals surface area contributed by atoms with E-state index in [1.54, 1.807) is 49.0 Å². The summed E-state index contributed by atoms with van der Waals surface area (Å²) < 4.78 is 37.8. The van der Waals surface area contributed by atoms with Crippen LogP contribution in [0, 0.1) is 6.92 Å². The number of primary amides is 1. The molecule has 2 heterocycles. The summed E-state index contributed by atoms with van der Waals surface area (Å²) in [6.07, 6.45) is 1.03. The Kier molecular flexibility index (Phi) is 9.55. The summed E-state index contributed by atoms with van der Waals surface area (Å²) in [7, 11) is 1.29. The molecule has 0 aliphatic carbocycles. The molecule has 4 aromatic rings. The lowest BCUT2D eigenvalue weighted by molar-refractivity contribution is 0.0686. The van der Waals surface area contributed by atoms with Crippen molar-refractivity contribution in [1.29, 1.82) is 0 Å². The van der Waals surface area contributed by atoms with Gasteiger partial charge in [-0.25, -0.2) is 18.2 Å². The van der Waals surface area contributed by atoms with E-state index in [1.165, 1.54) is 7.11 Å². The zero-order valence-electron chi connectivity index (χ0n) is 25.3. The first-order chi connectivity index (χ1) is 19.9. The minimum Gasteiger partial charge on any atom is -0.494 e. The normalized spacial score (nSPS) is 11.3. The fourth-order valence-corrected chi connectivity index (χ4v) is 4.77. The molecule has 0 fully saturated rings. The van der Waals surface area contributed by atoms with E-state index in [-0.39, 0.29) is 28.1 Å². The van der Waals surface area contributed by atoms with Gasteiger partial charge in [0.1, 0.15) is 5.69 Å². The number of aromatic nitrogens is 3. The summed E-state index contributed by atoms with van der Waals surface area (Å²) in [5, 5.41) is 12.9. The number of ether oxygens (including phenoxy) is 2. The molecular formula is C29H36N6O7S. The van der Waals surface area contributed by atoms with Crippen molar-refractivity contribution in [3.63, 3.8) is 0 Å². The van der Waals surface area contributed by atoms with Crippen LogP contribution in [0.15, 0.2) is 42.5 Å². The predicted octanol–water partition coefficient (Wildman–Crippen LogP) is 4.27. The van der Waals surface area contributed by atoms with Crippen LogP contribution in [0.4, 0.5) is 11.6 Å². The number of carbonyl (C=O) groups excluding carboxylic acids is 1. The second-order valence-electron chi connectivity index (χ2n) is 10.7. The summed E-state index contributed by atoms with van der Waals surface area (Å²) in [6.45, 7) is 7.69. The Bertz CT molecular complexity index is 1790. The number of benzene rings is 2. The van der Waals surface area contributed by atoms with Gasteiger partial charge in [0, 0.05) is 31.2 Å². The third-order valence-electron chi connectivity index (χ3n) is 6.23. The van der Waals surface area contributed by atoms with Gasteiger partial charge in [-0.1, -0.05) is 32.9 Å². The number of carboxylic acid groups (broad SMARTS) is 1. The molecule has 0 radical (unpaired) electrons. The molecule has 5 N–H and O–H groups in total. The molecular weight excluding hydrogens is 576 g/mol. The lowest BCUT2D eigenvalue weighted by Crippen LogP contribution is -2.19. The van der Waals surface area contributed by atoms with Crippen LogP contribution in [0.3, 0.4) is 0 Å². The van der Waals surface area contributed by atoms with E-state index in [1.807, 2.05) is 39.8 Å². The first kappa shape index (κ1) is 32.7. The number of nitrogens with one attached hydrogen (secondary N) is 2. The first-order valence-corrected chi connectivity index (χ1v) is 14.9. The number of aryl methyl sites for hydroxylation is 2. The Balaban J connectivity index is 0.000000238. The van der Waals surface area contributed by atoms with Crippen molar-refractivity contribution in [2.45, 2.75) is 33.1 Å². The maximum atomic E-state index is 11.5. The van der Waals surface area contributed by atoms with Crippen molar-refractivity contribution in [3.8, 4) is 17.4 Å². The van der Waals surface area contributed by atoms with Crippen molar-refractivity contribution in [1.82, 2.24) is 14.5 Å². The molecule has 2 aromatic heterocycles. The largest absolute Gasteiger partial charge is 0.494 e. The van der Waals surface area contributed by atoms with Gasteiger partial charge in [-0.15, -0.1) is 0 Å². The Labute approximate surface area is 250 Å². The van der Waals surface area contributed by atoms with Gasteiger partial charge in [0.25, 0.3) is 5.91 Å². The molecule has 0 aliphatic rings. The lowest BCUT2D eigenvalue weighted by Gasteiger charge is -2.23. The van der Waals surface area contributed by atoms with E-state index in [2.05, 4.69) is 20.0 Å². The monoisotopic (exact) mass is 612 g/mol. The maximum Gasteiger partial charge on any atom is 0.352 e. The lowest BCUT2D eigenvalue weighted by atomic mass is 9.85. The number of nitrogens with two attached hydrogens (primary N) is 1. The van der Waals surface area contributed by atoms with E-state index >= 15 is 0 Å². The highest BCUT2D eigenvalue weighted by Crippen LogP contribution is 2.36. The van der Waals surface area contributed by atoms with E-state index in [0.29, 0.717) is 23.1 Å². The average molecular weight is 613 g/mol. The van der Waals surface area contributed by atoms with Crippen LogP contribution in [-0.2, 0) is 22.5 Å². The summed E-state index contributed by atoms with van der Waals surface area (Å²) in [4.78, 5) is 31.3. The van der Waals surface area contributed by atoms with E-state index < -0.39 is 21.9 Å². The van der Waals surface area contributed by atoms with Crippen LogP contribution in [0.2, 0.25) is 0 Å². The van der Waals surface area contributed by atoms with Crippen LogP contribution in [0.25, 0.3) is 10.9 Å². The number of rotatable bonds is 8. The van der Waals surface area contributed by atoms with E-state index in [4.69, 9.17) is 15.2 Å². The molecule has 0 atom stereocenters. The molecule has 14 heteroatoms. The van der Waals surface area contributed by atoms with E-state index in [9.17, 15) is 23.1 Å². The molecule has 230 valence electrons. The molecule has 2 aromatic carbocycles. The molecule has 4 rings (SSSR count). The Morgan fingerprint density at radius 2 is 1.77 bits per heavy atom. The third kappa shape index (κ3) is 7.92. The Morgan fingerprint density at radius 3 is 2.30 bits per heavy atom. The van der Waals surface area contributed by atoms with Crippen molar-refractivity contribution in [2.24, 2.45) is 12.8 Å². The zero-order valence-corrected chi connectivity index (χ0v) is 26.1. The predicted molar refractivity (Wildman–Crippen MR) is 165 cm³/mol. The number of hydrogen-bond acceptors (Lipinski definition) is 9. The van der Waals surface area contributed by atoms with Crippen molar-refractivity contribution in [3.05, 3.63) is 65.0 Å². The molecule has 0 bridgehead atoms. The highest BCUT2D eigenvalue weighted by atomic mass is 32.2. The van der Waals surface area contributed by atoms with Crippen LogP contribution in [0.5, 0.6) is 17.4 Å². The standard InChI is InChI=1S/C16H16N4O3.C13H20N2O4S/c1-9-7-13(19-16(17-2)18-9)23-12-6-4-5-10-8-11(15(21)22)20(3)14(10)12;1-13(2,3)8-6-9(12(14)16)11(19-4)10(7-8)15-20(5,17)18/h4-8H,1-3H3,(H,21,22)(H,17,18,19);6-7,15H,1-5H3,(H2,14,16). The number of carboxylic acids is 1. The SMILES string of the molecule is CNc1nc(C)cc(Oc2cccc3cc(C(=O)O)n(C)c23)n1.COc1c(NS(C)(=O)=O)cc(C(C)(C)C)cc1C(N)=O. The maximum absolute atomic E-state index is 11.5. The van der Waals surface area contributed by atoms with Gasteiger partial charge in [0.15, 0.2) is 11.5 Å². The van der Waals surface area contributed by atoms with Gasteiger partial charge in [-0.05, 0) is 42.2 Å². The van der Waals surface area contributed by atoms with E-state index in [0.717, 1.165) is 22.9 Å². The quantitative estimate of drug-likeness (QED) is 0.224. The average Bonchev–Trinajstić information content (AvgIpc) is 3.24. The molecule has 13 nitrogen and oxygen atoms in total. The summed E-state index contributed by atoms with van der Waals surface area (Å²) in [5.74, 6) is -0.138. The number of methoxy groups -OCH3 is 1. The summed E-state index contributed by atoms with van der Waals surface area (Å²) in [5.41, 5.74) is 7.86. The molecule has 0 spiro atoms. The number of sulfonamides is 1.